The van der Waals surface area contributed by atoms with E-state index in [1.165, 1.54) is 12.1 Å². The molecule has 1 aliphatic rings. The van der Waals surface area contributed by atoms with E-state index in [4.69, 9.17) is 11.6 Å². The monoisotopic (exact) mass is 345 g/mol. The van der Waals surface area contributed by atoms with Crippen LogP contribution in [-0.2, 0) is 0 Å². The van der Waals surface area contributed by atoms with Crippen LogP contribution in [0.5, 0.6) is 5.75 Å². The fourth-order valence-corrected chi connectivity index (χ4v) is 3.09. The average Bonchev–Trinajstić information content (AvgIpc) is 2.41. The van der Waals surface area contributed by atoms with Crippen LogP contribution in [0.2, 0.25) is 5.02 Å². The van der Waals surface area contributed by atoms with Crippen molar-refractivity contribution >= 4 is 33.4 Å². The van der Waals surface area contributed by atoms with Gasteiger partial charge in [0, 0.05) is 23.5 Å². The first kappa shape index (κ1) is 14.7. The molecule has 1 N–H and O–H groups in total. The highest BCUT2D eigenvalue weighted by molar-refractivity contribution is 9.09. The second-order valence-electron chi connectivity index (χ2n) is 4.97. The molecule has 5 heteroatoms. The zero-order valence-electron chi connectivity index (χ0n) is 10.8. The van der Waals surface area contributed by atoms with E-state index in [1.807, 2.05) is 4.90 Å². The molecule has 1 unspecified atom stereocenters. The molecule has 0 spiro atoms. The Hall–Kier alpha value is -0.740. The molecule has 0 aliphatic carbocycles. The number of hydrogen-bond donors (Lipinski definition) is 1. The van der Waals surface area contributed by atoms with Crippen LogP contribution < -0.4 is 0 Å². The van der Waals surface area contributed by atoms with Crippen molar-refractivity contribution in [1.29, 1.82) is 0 Å². The van der Waals surface area contributed by atoms with Gasteiger partial charge in [0.1, 0.15) is 5.75 Å². The summed E-state index contributed by atoms with van der Waals surface area (Å²) in [5.41, 5.74) is 0.535. The van der Waals surface area contributed by atoms with Crippen molar-refractivity contribution in [3.8, 4) is 5.75 Å². The van der Waals surface area contributed by atoms with E-state index in [-0.39, 0.29) is 16.7 Å². The van der Waals surface area contributed by atoms with E-state index in [1.54, 1.807) is 6.07 Å². The summed E-state index contributed by atoms with van der Waals surface area (Å²) in [6, 6.07) is 4.60. The Morgan fingerprint density at radius 3 is 2.63 bits per heavy atom. The number of aromatic hydroxyl groups is 1. The predicted molar refractivity (Wildman–Crippen MR) is 80.1 cm³/mol. The number of halogens is 2. The van der Waals surface area contributed by atoms with Crippen molar-refractivity contribution in [3.05, 3.63) is 28.8 Å². The highest BCUT2D eigenvalue weighted by atomic mass is 79.9. The van der Waals surface area contributed by atoms with Gasteiger partial charge in [0.05, 0.1) is 5.02 Å². The highest BCUT2D eigenvalue weighted by Crippen LogP contribution is 2.27. The lowest BCUT2D eigenvalue weighted by Crippen LogP contribution is -2.39. The number of hydrogen-bond acceptors (Lipinski definition) is 2. The van der Waals surface area contributed by atoms with Gasteiger partial charge in [0.25, 0.3) is 5.91 Å². The van der Waals surface area contributed by atoms with Gasteiger partial charge < -0.3 is 10.0 Å². The number of carbonyl (C=O) groups excluding carboxylic acids is 1. The minimum Gasteiger partial charge on any atom is -0.506 e. The normalized spacial score (nSPS) is 18.4. The molecule has 0 saturated carbocycles. The van der Waals surface area contributed by atoms with Crippen molar-refractivity contribution in [2.45, 2.75) is 24.6 Å². The summed E-state index contributed by atoms with van der Waals surface area (Å²) < 4.78 is 0. The quantitative estimate of drug-likeness (QED) is 0.830. The summed E-state index contributed by atoms with van der Waals surface area (Å²) >= 11 is 9.44. The topological polar surface area (TPSA) is 40.5 Å². The molecule has 1 aliphatic heterocycles. The van der Waals surface area contributed by atoms with Crippen molar-refractivity contribution in [2.75, 3.05) is 13.1 Å². The second kappa shape index (κ2) is 6.14. The third-order valence-corrected chi connectivity index (χ3v) is 4.72. The minimum atomic E-state index is -0.0115. The third kappa shape index (κ3) is 3.42. The number of phenols is 1. The zero-order valence-corrected chi connectivity index (χ0v) is 13.1. The number of nitrogens with zero attached hydrogens (tertiary/aromatic N) is 1. The van der Waals surface area contributed by atoms with E-state index in [9.17, 15) is 9.90 Å². The Morgan fingerprint density at radius 2 is 2.11 bits per heavy atom. The molecule has 19 heavy (non-hydrogen) atoms. The van der Waals surface area contributed by atoms with Crippen LogP contribution in [0, 0.1) is 5.92 Å². The number of amides is 1. The summed E-state index contributed by atoms with van der Waals surface area (Å²) in [6.45, 7) is 3.71. The molecule has 3 nitrogen and oxygen atoms in total. The second-order valence-corrected chi connectivity index (χ2v) is 6.82. The van der Waals surface area contributed by atoms with Gasteiger partial charge in [-0.15, -0.1) is 0 Å². The SMILES string of the molecule is CC(Br)C1CCN(C(=O)c2ccc(O)c(Cl)c2)CC1. The van der Waals surface area contributed by atoms with Crippen molar-refractivity contribution in [2.24, 2.45) is 5.92 Å². The summed E-state index contributed by atoms with van der Waals surface area (Å²) in [6.07, 6.45) is 2.04. The lowest BCUT2D eigenvalue weighted by molar-refractivity contribution is 0.0691. The van der Waals surface area contributed by atoms with Gasteiger partial charge in [-0.2, -0.15) is 0 Å². The summed E-state index contributed by atoms with van der Waals surface area (Å²) in [5, 5.41) is 9.59. The maximum absolute atomic E-state index is 12.3. The lowest BCUT2D eigenvalue weighted by atomic mass is 9.94. The molecule has 0 aromatic heterocycles. The van der Waals surface area contributed by atoms with Gasteiger partial charge in [-0.05, 0) is 37.0 Å². The molecule has 0 radical (unpaired) electrons. The fraction of sp³-hybridized carbons (Fsp3) is 0.500. The van der Waals surface area contributed by atoms with Crippen LogP contribution >= 0.6 is 27.5 Å². The van der Waals surface area contributed by atoms with Crippen LogP contribution in [0.15, 0.2) is 18.2 Å². The number of carbonyl (C=O) groups is 1. The van der Waals surface area contributed by atoms with Crippen LogP contribution in [0.4, 0.5) is 0 Å². The maximum Gasteiger partial charge on any atom is 0.253 e. The van der Waals surface area contributed by atoms with Crippen molar-refractivity contribution in [1.82, 2.24) is 4.90 Å². The van der Waals surface area contributed by atoms with Crippen molar-refractivity contribution in [3.63, 3.8) is 0 Å². The van der Waals surface area contributed by atoms with E-state index in [2.05, 4.69) is 22.9 Å². The number of phenolic OH excluding ortho intramolecular Hbond substituents is 1. The first-order chi connectivity index (χ1) is 8.99. The number of alkyl halides is 1. The van der Waals surface area contributed by atoms with E-state index in [0.29, 0.717) is 16.3 Å². The third-order valence-electron chi connectivity index (χ3n) is 3.67. The minimum absolute atomic E-state index is 0.00467. The van der Waals surface area contributed by atoms with Gasteiger partial charge in [-0.1, -0.05) is 34.5 Å². The summed E-state index contributed by atoms with van der Waals surface area (Å²) in [5.74, 6) is 0.625. The van der Waals surface area contributed by atoms with Gasteiger partial charge in [0.2, 0.25) is 0 Å². The van der Waals surface area contributed by atoms with E-state index < -0.39 is 0 Å². The summed E-state index contributed by atoms with van der Waals surface area (Å²) in [7, 11) is 0. The predicted octanol–water partition coefficient (Wildman–Crippen LogP) is 3.68. The Bertz CT molecular complexity index is 471. The molecule has 1 aromatic carbocycles. The molecule has 0 bridgehead atoms. The molecule has 1 amide bonds. The highest BCUT2D eigenvalue weighted by Gasteiger charge is 2.26. The smallest absolute Gasteiger partial charge is 0.253 e. The molecule has 1 aromatic rings. The number of rotatable bonds is 2. The maximum atomic E-state index is 12.3. The number of piperidine rings is 1. The standard InChI is InChI=1S/C14H17BrClNO2/c1-9(15)10-4-6-17(7-5-10)14(19)11-2-3-13(18)12(16)8-11/h2-3,8-10,18H,4-7H2,1H3. The van der Waals surface area contributed by atoms with Gasteiger partial charge in [0.15, 0.2) is 0 Å². The van der Waals surface area contributed by atoms with Crippen LogP contribution in [0.3, 0.4) is 0 Å². The average molecular weight is 347 g/mol. The molecule has 104 valence electrons. The Morgan fingerprint density at radius 1 is 1.47 bits per heavy atom. The summed E-state index contributed by atoms with van der Waals surface area (Å²) in [4.78, 5) is 14.7. The molecule has 1 heterocycles. The molecule has 1 fully saturated rings. The first-order valence-corrected chi connectivity index (χ1v) is 7.70. The van der Waals surface area contributed by atoms with Gasteiger partial charge in [-0.25, -0.2) is 0 Å². The van der Waals surface area contributed by atoms with E-state index >= 15 is 0 Å². The van der Waals surface area contributed by atoms with Gasteiger partial charge in [-0.3, -0.25) is 4.79 Å². The Balaban J connectivity index is 2.03. The number of likely N-dealkylation sites (tertiary alicyclic amines) is 1. The van der Waals surface area contributed by atoms with Gasteiger partial charge >= 0.3 is 0 Å². The Kier molecular flexibility index (Phi) is 4.74. The number of benzene rings is 1. The molecular weight excluding hydrogens is 330 g/mol. The van der Waals surface area contributed by atoms with Crippen LogP contribution in [-0.4, -0.2) is 33.8 Å². The van der Waals surface area contributed by atoms with Crippen molar-refractivity contribution < 1.29 is 9.90 Å². The zero-order chi connectivity index (χ0) is 14.0. The molecular formula is C14H17BrClNO2. The molecule has 2 rings (SSSR count). The fourth-order valence-electron chi connectivity index (χ4n) is 2.38. The Labute approximate surface area is 126 Å². The first-order valence-electron chi connectivity index (χ1n) is 6.41. The molecule has 1 saturated heterocycles. The van der Waals surface area contributed by atoms with E-state index in [0.717, 1.165) is 25.9 Å². The van der Waals surface area contributed by atoms with Crippen LogP contribution in [0.25, 0.3) is 0 Å². The largest absolute Gasteiger partial charge is 0.506 e. The lowest BCUT2D eigenvalue weighted by Gasteiger charge is -2.33. The molecule has 1 atom stereocenters. The van der Waals surface area contributed by atoms with Crippen LogP contribution in [0.1, 0.15) is 30.1 Å².